The molecule has 0 bridgehead atoms. The van der Waals surface area contributed by atoms with Gasteiger partial charge in [-0.25, -0.2) is 0 Å². The van der Waals surface area contributed by atoms with Gasteiger partial charge in [0.1, 0.15) is 24.4 Å². The van der Waals surface area contributed by atoms with Gasteiger partial charge in [-0.1, -0.05) is 12.1 Å². The molecule has 1 fully saturated rings. The van der Waals surface area contributed by atoms with Crippen LogP contribution in [0.4, 0.5) is 0 Å². The maximum atomic E-state index is 10.4. The van der Waals surface area contributed by atoms with Gasteiger partial charge in [-0.15, -0.1) is 0 Å². The van der Waals surface area contributed by atoms with Crippen molar-refractivity contribution in [3.05, 3.63) is 47.5 Å². The molecule has 1 aliphatic heterocycles. The summed E-state index contributed by atoms with van der Waals surface area (Å²) in [7, 11) is 2.91. The second kappa shape index (κ2) is 13.9. The van der Waals surface area contributed by atoms with Gasteiger partial charge in [0.05, 0.1) is 27.4 Å². The van der Waals surface area contributed by atoms with Crippen molar-refractivity contribution < 1.29 is 54.7 Å². The third-order valence-corrected chi connectivity index (χ3v) is 7.01. The van der Waals surface area contributed by atoms with Crippen LogP contribution < -0.4 is 9.47 Å². The van der Waals surface area contributed by atoms with Gasteiger partial charge >= 0.3 is 0 Å². The Morgan fingerprint density at radius 2 is 1.42 bits per heavy atom. The fourth-order valence-corrected chi connectivity index (χ4v) is 4.64. The monoisotopic (exact) mass is 538 g/mol. The highest BCUT2D eigenvalue weighted by molar-refractivity contribution is 5.42. The molecule has 2 aromatic rings. The molecule has 1 heterocycles. The Morgan fingerprint density at radius 3 is 2.00 bits per heavy atom. The number of hydrogen-bond donors (Lipinski definition) is 7. The Balaban J connectivity index is 1.78. The van der Waals surface area contributed by atoms with Crippen molar-refractivity contribution in [1.29, 1.82) is 0 Å². The zero-order valence-corrected chi connectivity index (χ0v) is 21.5. The molecule has 0 aromatic heterocycles. The number of rotatable bonds is 13. The SMILES string of the molecule is COc1cc(CC[C@@H](CO[C@@H]2O[C@H](CO)[C@@H](O)[C@H](O)[C@H]2O)[C@H](CO)Cc2ccc(O)c(OC)c2)ccc1O. The second-order valence-corrected chi connectivity index (χ2v) is 9.49. The highest BCUT2D eigenvalue weighted by Crippen LogP contribution is 2.32. The Bertz CT molecular complexity index is 1010. The topological polar surface area (TPSA) is 179 Å². The Morgan fingerprint density at radius 1 is 0.816 bits per heavy atom. The van der Waals surface area contributed by atoms with Crippen LogP contribution in [-0.2, 0) is 22.3 Å². The lowest BCUT2D eigenvalue weighted by molar-refractivity contribution is -0.304. The van der Waals surface area contributed by atoms with Gasteiger partial charge in [0.2, 0.25) is 0 Å². The van der Waals surface area contributed by atoms with Crippen LogP contribution in [0.5, 0.6) is 23.0 Å². The predicted molar refractivity (Wildman–Crippen MR) is 135 cm³/mol. The quantitative estimate of drug-likeness (QED) is 0.187. The predicted octanol–water partition coefficient (Wildman–Crippen LogP) is 0.332. The van der Waals surface area contributed by atoms with Gasteiger partial charge in [0, 0.05) is 6.61 Å². The summed E-state index contributed by atoms with van der Waals surface area (Å²) in [4.78, 5) is 0. The molecule has 0 amide bonds. The summed E-state index contributed by atoms with van der Waals surface area (Å²) in [6.45, 7) is -0.734. The van der Waals surface area contributed by atoms with Crippen LogP contribution in [0.3, 0.4) is 0 Å². The number of aliphatic hydroxyl groups excluding tert-OH is 5. The summed E-state index contributed by atoms with van der Waals surface area (Å²) in [6, 6.07) is 9.99. The van der Waals surface area contributed by atoms with E-state index in [4.69, 9.17) is 18.9 Å². The van der Waals surface area contributed by atoms with Crippen molar-refractivity contribution in [2.75, 3.05) is 34.0 Å². The molecular formula is C27H38O11. The molecule has 0 spiro atoms. The molecule has 212 valence electrons. The lowest BCUT2D eigenvalue weighted by atomic mass is 9.84. The molecule has 2 aromatic carbocycles. The van der Waals surface area contributed by atoms with E-state index in [-0.39, 0.29) is 36.5 Å². The first-order chi connectivity index (χ1) is 18.2. The summed E-state index contributed by atoms with van der Waals surface area (Å²) in [5.41, 5.74) is 1.71. The van der Waals surface area contributed by atoms with Crippen LogP contribution in [0.15, 0.2) is 36.4 Å². The third-order valence-electron chi connectivity index (χ3n) is 7.01. The molecule has 3 rings (SSSR count). The highest BCUT2D eigenvalue weighted by atomic mass is 16.7. The zero-order chi connectivity index (χ0) is 27.8. The largest absolute Gasteiger partial charge is 0.504 e. The van der Waals surface area contributed by atoms with Crippen LogP contribution in [0, 0.1) is 11.8 Å². The summed E-state index contributed by atoms with van der Waals surface area (Å²) < 4.78 is 21.7. The van der Waals surface area contributed by atoms with Crippen LogP contribution in [0.1, 0.15) is 17.5 Å². The number of phenols is 2. The minimum atomic E-state index is -1.56. The van der Waals surface area contributed by atoms with E-state index in [1.165, 1.54) is 20.3 Å². The highest BCUT2D eigenvalue weighted by Gasteiger charge is 2.44. The van der Waals surface area contributed by atoms with E-state index in [0.717, 1.165) is 11.1 Å². The Hall–Kier alpha value is -2.64. The van der Waals surface area contributed by atoms with Crippen LogP contribution in [-0.4, -0.2) is 100 Å². The molecule has 11 nitrogen and oxygen atoms in total. The molecule has 7 N–H and O–H groups in total. The Kier molecular flexibility index (Phi) is 11.0. The average molecular weight is 539 g/mol. The van der Waals surface area contributed by atoms with Crippen molar-refractivity contribution in [2.45, 2.75) is 50.0 Å². The molecule has 0 aliphatic carbocycles. The van der Waals surface area contributed by atoms with E-state index in [9.17, 15) is 35.7 Å². The maximum Gasteiger partial charge on any atom is 0.186 e. The lowest BCUT2D eigenvalue weighted by Crippen LogP contribution is -2.59. The normalized spacial score (nSPS) is 25.1. The van der Waals surface area contributed by atoms with Crippen molar-refractivity contribution in [1.82, 2.24) is 0 Å². The Labute approximate surface area is 221 Å². The van der Waals surface area contributed by atoms with Crippen molar-refractivity contribution >= 4 is 0 Å². The first-order valence-corrected chi connectivity index (χ1v) is 12.5. The van der Waals surface area contributed by atoms with E-state index in [0.29, 0.717) is 30.8 Å². The van der Waals surface area contributed by atoms with Crippen LogP contribution >= 0.6 is 0 Å². The number of aryl methyl sites for hydroxylation is 1. The number of hydrogen-bond acceptors (Lipinski definition) is 11. The zero-order valence-electron chi connectivity index (χ0n) is 21.5. The number of methoxy groups -OCH3 is 2. The molecule has 7 atom stereocenters. The summed E-state index contributed by atoms with van der Waals surface area (Å²) >= 11 is 0. The van der Waals surface area contributed by atoms with E-state index >= 15 is 0 Å². The number of ether oxygens (including phenoxy) is 4. The fraction of sp³-hybridized carbons (Fsp3) is 0.556. The maximum absolute atomic E-state index is 10.4. The van der Waals surface area contributed by atoms with Gasteiger partial charge in [-0.2, -0.15) is 0 Å². The summed E-state index contributed by atoms with van der Waals surface area (Å²) in [5, 5.41) is 70.1. The van der Waals surface area contributed by atoms with E-state index in [2.05, 4.69) is 0 Å². The smallest absolute Gasteiger partial charge is 0.186 e. The minimum Gasteiger partial charge on any atom is -0.504 e. The first-order valence-electron chi connectivity index (χ1n) is 12.5. The average Bonchev–Trinajstić information content (AvgIpc) is 2.93. The lowest BCUT2D eigenvalue weighted by Gasteiger charge is -2.40. The fourth-order valence-electron chi connectivity index (χ4n) is 4.64. The third kappa shape index (κ3) is 7.26. The molecular weight excluding hydrogens is 500 g/mol. The van der Waals surface area contributed by atoms with Gasteiger partial charge < -0.3 is 54.7 Å². The number of aromatic hydroxyl groups is 2. The first kappa shape index (κ1) is 29.9. The van der Waals surface area contributed by atoms with E-state index in [1.54, 1.807) is 30.3 Å². The summed E-state index contributed by atoms with van der Waals surface area (Å²) in [6.07, 6.45) is -5.48. The molecule has 38 heavy (non-hydrogen) atoms. The number of phenolic OH excluding ortho intramolecular Hbond substituents is 2. The van der Waals surface area contributed by atoms with Gasteiger partial charge in [-0.05, 0) is 66.5 Å². The van der Waals surface area contributed by atoms with Crippen molar-refractivity contribution in [3.8, 4) is 23.0 Å². The van der Waals surface area contributed by atoms with Crippen molar-refractivity contribution in [2.24, 2.45) is 11.8 Å². The van der Waals surface area contributed by atoms with Crippen molar-refractivity contribution in [3.63, 3.8) is 0 Å². The minimum absolute atomic E-state index is 0.000534. The number of aliphatic hydroxyl groups is 5. The molecule has 0 unspecified atom stereocenters. The summed E-state index contributed by atoms with van der Waals surface area (Å²) in [5.74, 6) is 0.0879. The van der Waals surface area contributed by atoms with E-state index < -0.39 is 37.3 Å². The van der Waals surface area contributed by atoms with Gasteiger partial charge in [0.25, 0.3) is 0 Å². The molecule has 0 radical (unpaired) electrons. The van der Waals surface area contributed by atoms with Crippen LogP contribution in [0.25, 0.3) is 0 Å². The standard InChI is InChI=1S/C27H38O11/c1-35-21-10-15(4-7-19(21)30)3-6-17(14-37-27-26(34)25(33)24(32)23(13-29)38-27)18(12-28)9-16-5-8-20(31)22(11-16)36-2/h4-5,7-8,10-11,17-18,23-34H,3,6,9,12-14H2,1-2H3/t17-,18-,23+,24+,25-,26+,27+/m0/s1. The van der Waals surface area contributed by atoms with E-state index in [1.807, 2.05) is 0 Å². The van der Waals surface area contributed by atoms with Crippen LogP contribution in [0.2, 0.25) is 0 Å². The van der Waals surface area contributed by atoms with Gasteiger partial charge in [0.15, 0.2) is 29.3 Å². The molecule has 0 saturated carbocycles. The number of benzene rings is 2. The molecule has 11 heteroatoms. The molecule has 1 saturated heterocycles. The second-order valence-electron chi connectivity index (χ2n) is 9.49. The molecule has 1 aliphatic rings. The van der Waals surface area contributed by atoms with Gasteiger partial charge in [-0.3, -0.25) is 0 Å².